The molecule has 1 N–H and O–H groups in total. The maximum absolute atomic E-state index is 11.6. The van der Waals surface area contributed by atoms with E-state index in [2.05, 4.69) is 10.2 Å². The van der Waals surface area contributed by atoms with Crippen LogP contribution < -0.4 is 5.32 Å². The van der Waals surface area contributed by atoms with Gasteiger partial charge in [0.25, 0.3) is 0 Å². The number of carbonyl (C=O) groups excluding carboxylic acids is 1. The second kappa shape index (κ2) is 7.54. The number of hydrogen-bond donors (Lipinski definition) is 1. The van der Waals surface area contributed by atoms with Crippen LogP contribution in [0.3, 0.4) is 0 Å². The smallest absolute Gasteiger partial charge is 0.243 e. The fourth-order valence-corrected chi connectivity index (χ4v) is 2.55. The first kappa shape index (κ1) is 13.6. The molecular formula is C14H24N2O2. The summed E-state index contributed by atoms with van der Waals surface area (Å²) in [7, 11) is 0. The molecule has 0 saturated carbocycles. The highest BCUT2D eigenvalue weighted by molar-refractivity contribution is 5.87. The Hall–Kier alpha value is -0.870. The van der Waals surface area contributed by atoms with Crippen LogP contribution >= 0.6 is 0 Å². The predicted molar refractivity (Wildman–Crippen MR) is 71.4 cm³/mol. The molecule has 1 unspecified atom stereocenters. The number of carbonyl (C=O) groups is 1. The number of nitrogens with zero attached hydrogens (tertiary/aromatic N) is 1. The molecule has 18 heavy (non-hydrogen) atoms. The quantitative estimate of drug-likeness (QED) is 0.747. The molecule has 0 radical (unpaired) electrons. The molecule has 0 aromatic carbocycles. The highest BCUT2D eigenvalue weighted by Gasteiger charge is 2.14. The third-order valence-electron chi connectivity index (χ3n) is 3.65. The first-order valence-electron chi connectivity index (χ1n) is 7.09. The summed E-state index contributed by atoms with van der Waals surface area (Å²) in [5.74, 6) is 0.523. The van der Waals surface area contributed by atoms with Crippen molar-refractivity contribution >= 4 is 5.91 Å². The van der Waals surface area contributed by atoms with E-state index in [-0.39, 0.29) is 5.91 Å². The number of likely N-dealkylation sites (tertiary alicyclic amines) is 1. The van der Waals surface area contributed by atoms with Crippen molar-refractivity contribution in [3.05, 3.63) is 12.2 Å². The summed E-state index contributed by atoms with van der Waals surface area (Å²) in [6.07, 6.45) is 8.51. The van der Waals surface area contributed by atoms with Crippen LogP contribution in [0.15, 0.2) is 12.2 Å². The molecule has 2 aliphatic heterocycles. The summed E-state index contributed by atoms with van der Waals surface area (Å²) in [6, 6.07) is 0. The van der Waals surface area contributed by atoms with Gasteiger partial charge in [0.1, 0.15) is 0 Å². The van der Waals surface area contributed by atoms with E-state index in [1.54, 1.807) is 6.08 Å². The normalized spacial score (nSPS) is 25.7. The molecule has 4 nitrogen and oxygen atoms in total. The molecule has 0 aromatic rings. The number of nitrogens with one attached hydrogen (secondary N) is 1. The molecule has 2 fully saturated rings. The lowest BCUT2D eigenvalue weighted by molar-refractivity contribution is -0.116. The Morgan fingerprint density at radius 1 is 1.33 bits per heavy atom. The van der Waals surface area contributed by atoms with E-state index < -0.39 is 0 Å². The second-order valence-electron chi connectivity index (χ2n) is 5.24. The number of amides is 1. The van der Waals surface area contributed by atoms with E-state index in [0.29, 0.717) is 5.92 Å². The average Bonchev–Trinajstić information content (AvgIpc) is 2.91. The third kappa shape index (κ3) is 4.78. The van der Waals surface area contributed by atoms with Crippen molar-refractivity contribution in [1.29, 1.82) is 0 Å². The fraction of sp³-hybridized carbons (Fsp3) is 0.786. The molecule has 4 heteroatoms. The topological polar surface area (TPSA) is 41.6 Å². The van der Waals surface area contributed by atoms with Gasteiger partial charge < -0.3 is 10.1 Å². The van der Waals surface area contributed by atoms with Gasteiger partial charge in [-0.1, -0.05) is 6.08 Å². The van der Waals surface area contributed by atoms with Gasteiger partial charge in [-0.25, -0.2) is 0 Å². The van der Waals surface area contributed by atoms with Crippen molar-refractivity contribution in [3.8, 4) is 0 Å². The van der Waals surface area contributed by atoms with E-state index in [9.17, 15) is 4.79 Å². The van der Waals surface area contributed by atoms with Crippen LogP contribution in [-0.4, -0.2) is 50.2 Å². The monoisotopic (exact) mass is 252 g/mol. The van der Waals surface area contributed by atoms with Crippen LogP contribution in [0, 0.1) is 5.92 Å². The van der Waals surface area contributed by atoms with E-state index in [4.69, 9.17) is 4.74 Å². The average molecular weight is 252 g/mol. The molecule has 0 aromatic heterocycles. The molecule has 1 atom stereocenters. The maximum Gasteiger partial charge on any atom is 0.243 e. The molecule has 2 heterocycles. The standard InChI is InChI=1S/C14H24N2O2/c17-14(6-3-9-16-7-1-2-8-16)15-11-13-5-4-10-18-12-13/h3,6,13H,1-2,4-5,7-12H2,(H,15,17)/b6-3+. The van der Waals surface area contributed by atoms with Crippen LogP contribution in [0.1, 0.15) is 25.7 Å². The van der Waals surface area contributed by atoms with Crippen molar-refractivity contribution in [1.82, 2.24) is 10.2 Å². The Balaban J connectivity index is 1.57. The minimum atomic E-state index is 0.0276. The zero-order valence-electron chi connectivity index (χ0n) is 11.1. The Kier molecular flexibility index (Phi) is 5.68. The lowest BCUT2D eigenvalue weighted by Gasteiger charge is -2.21. The van der Waals surface area contributed by atoms with Gasteiger partial charge >= 0.3 is 0 Å². The predicted octanol–water partition coefficient (Wildman–Crippen LogP) is 1.18. The van der Waals surface area contributed by atoms with E-state index in [1.165, 1.54) is 25.9 Å². The zero-order valence-corrected chi connectivity index (χ0v) is 11.1. The molecule has 2 aliphatic rings. The highest BCUT2D eigenvalue weighted by Crippen LogP contribution is 2.12. The molecular weight excluding hydrogens is 228 g/mol. The summed E-state index contributed by atoms with van der Waals surface area (Å²) < 4.78 is 5.39. The molecule has 0 aliphatic carbocycles. The SMILES string of the molecule is O=C(/C=C/CN1CCCC1)NCC1CCCOC1. The van der Waals surface area contributed by atoms with E-state index in [1.807, 2.05) is 6.08 Å². The lowest BCUT2D eigenvalue weighted by Crippen LogP contribution is -2.32. The zero-order chi connectivity index (χ0) is 12.6. The minimum absolute atomic E-state index is 0.0276. The van der Waals surface area contributed by atoms with Crippen molar-refractivity contribution in [2.24, 2.45) is 5.92 Å². The number of rotatable bonds is 5. The van der Waals surface area contributed by atoms with Gasteiger partial charge in [-0.3, -0.25) is 9.69 Å². The summed E-state index contributed by atoms with van der Waals surface area (Å²) in [4.78, 5) is 14.0. The summed E-state index contributed by atoms with van der Waals surface area (Å²) in [6.45, 7) is 5.65. The summed E-state index contributed by atoms with van der Waals surface area (Å²) in [5.41, 5.74) is 0. The Morgan fingerprint density at radius 2 is 2.17 bits per heavy atom. The third-order valence-corrected chi connectivity index (χ3v) is 3.65. The largest absolute Gasteiger partial charge is 0.381 e. The van der Waals surface area contributed by atoms with Crippen LogP contribution in [0.4, 0.5) is 0 Å². The molecule has 1 amide bonds. The maximum atomic E-state index is 11.6. The van der Waals surface area contributed by atoms with Gasteiger partial charge in [-0.2, -0.15) is 0 Å². The summed E-state index contributed by atoms with van der Waals surface area (Å²) in [5, 5.41) is 2.95. The molecule has 102 valence electrons. The Labute approximate surface area is 109 Å². The van der Waals surface area contributed by atoms with Gasteiger partial charge in [0.2, 0.25) is 5.91 Å². The van der Waals surface area contributed by atoms with Crippen LogP contribution in [-0.2, 0) is 9.53 Å². The fourth-order valence-electron chi connectivity index (χ4n) is 2.55. The van der Waals surface area contributed by atoms with Gasteiger partial charge in [0.05, 0.1) is 6.61 Å². The van der Waals surface area contributed by atoms with Crippen LogP contribution in [0.5, 0.6) is 0 Å². The number of hydrogen-bond acceptors (Lipinski definition) is 3. The van der Waals surface area contributed by atoms with Crippen molar-refractivity contribution in [2.45, 2.75) is 25.7 Å². The van der Waals surface area contributed by atoms with E-state index >= 15 is 0 Å². The minimum Gasteiger partial charge on any atom is -0.381 e. The molecule has 0 spiro atoms. The van der Waals surface area contributed by atoms with E-state index in [0.717, 1.165) is 39.1 Å². The molecule has 2 saturated heterocycles. The van der Waals surface area contributed by atoms with Crippen LogP contribution in [0.2, 0.25) is 0 Å². The van der Waals surface area contributed by atoms with Gasteiger partial charge in [0, 0.05) is 25.8 Å². The number of ether oxygens (including phenoxy) is 1. The van der Waals surface area contributed by atoms with Crippen LogP contribution in [0.25, 0.3) is 0 Å². The first-order chi connectivity index (χ1) is 8.84. The van der Waals surface area contributed by atoms with Crippen molar-refractivity contribution in [3.63, 3.8) is 0 Å². The van der Waals surface area contributed by atoms with Gasteiger partial charge in [-0.05, 0) is 44.7 Å². The van der Waals surface area contributed by atoms with Crippen molar-refractivity contribution in [2.75, 3.05) is 39.4 Å². The van der Waals surface area contributed by atoms with Gasteiger partial charge in [0.15, 0.2) is 0 Å². The lowest BCUT2D eigenvalue weighted by atomic mass is 10.0. The highest BCUT2D eigenvalue weighted by atomic mass is 16.5. The second-order valence-corrected chi connectivity index (χ2v) is 5.24. The van der Waals surface area contributed by atoms with Gasteiger partial charge in [-0.15, -0.1) is 0 Å². The Morgan fingerprint density at radius 3 is 2.89 bits per heavy atom. The Bertz CT molecular complexity index is 280. The summed E-state index contributed by atoms with van der Waals surface area (Å²) >= 11 is 0. The molecule has 2 rings (SSSR count). The first-order valence-corrected chi connectivity index (χ1v) is 7.09. The van der Waals surface area contributed by atoms with Crippen molar-refractivity contribution < 1.29 is 9.53 Å². The molecule has 0 bridgehead atoms.